The Labute approximate surface area is 115 Å². The second kappa shape index (κ2) is 6.41. The van der Waals surface area contributed by atoms with E-state index in [-0.39, 0.29) is 24.1 Å². The Bertz CT molecular complexity index is 493. The molecule has 0 aliphatic carbocycles. The maximum Gasteiger partial charge on any atom is 0.451 e. The van der Waals surface area contributed by atoms with Crippen molar-refractivity contribution in [1.82, 2.24) is 9.97 Å². The van der Waals surface area contributed by atoms with Crippen molar-refractivity contribution in [3.8, 4) is 6.07 Å². The predicted molar refractivity (Wildman–Crippen MR) is 69.3 cm³/mol. The monoisotopic (exact) mass is 287 g/mol. The minimum absolute atomic E-state index is 0.0796. The number of hydrogen-bond acceptors (Lipinski definition) is 5. The first-order valence-corrected chi connectivity index (χ1v) is 6.07. The van der Waals surface area contributed by atoms with Crippen LogP contribution in [0.1, 0.15) is 26.1 Å². The van der Waals surface area contributed by atoms with Crippen LogP contribution in [-0.4, -0.2) is 29.6 Å². The van der Waals surface area contributed by atoms with Gasteiger partial charge in [-0.25, -0.2) is 9.97 Å². The van der Waals surface area contributed by atoms with Gasteiger partial charge in [-0.05, 0) is 13.8 Å². The Hall–Kier alpha value is -2.04. The van der Waals surface area contributed by atoms with Crippen LogP contribution in [0.2, 0.25) is 0 Å². The molecule has 0 aliphatic heterocycles. The molecule has 5 nitrogen and oxygen atoms in total. The number of aromatic nitrogens is 2. The smallest absolute Gasteiger partial charge is 0.373 e. The van der Waals surface area contributed by atoms with Crippen molar-refractivity contribution < 1.29 is 13.2 Å². The molecular weight excluding hydrogens is 271 g/mol. The maximum absolute atomic E-state index is 12.8. The van der Waals surface area contributed by atoms with Gasteiger partial charge in [-0.1, -0.05) is 0 Å². The highest BCUT2D eigenvalue weighted by Gasteiger charge is 2.36. The van der Waals surface area contributed by atoms with Crippen LogP contribution in [0.25, 0.3) is 0 Å². The first-order valence-electron chi connectivity index (χ1n) is 6.07. The van der Waals surface area contributed by atoms with Gasteiger partial charge in [0.1, 0.15) is 11.6 Å². The summed E-state index contributed by atoms with van der Waals surface area (Å²) in [5.74, 6) is -0.950. The topological polar surface area (TPSA) is 64.8 Å². The molecule has 1 heterocycles. The summed E-state index contributed by atoms with van der Waals surface area (Å²) in [6, 6.07) is 3.33. The Morgan fingerprint density at radius 1 is 1.40 bits per heavy atom. The zero-order valence-electron chi connectivity index (χ0n) is 11.5. The van der Waals surface area contributed by atoms with Gasteiger partial charge in [0.15, 0.2) is 0 Å². The van der Waals surface area contributed by atoms with Gasteiger partial charge in [0, 0.05) is 25.7 Å². The summed E-state index contributed by atoms with van der Waals surface area (Å²) >= 11 is 0. The molecule has 0 radical (unpaired) electrons. The van der Waals surface area contributed by atoms with Crippen molar-refractivity contribution in [2.24, 2.45) is 0 Å². The molecule has 1 aromatic rings. The normalized spacial score (nSPS) is 11.3. The van der Waals surface area contributed by atoms with E-state index in [1.54, 1.807) is 4.90 Å². The van der Waals surface area contributed by atoms with E-state index in [4.69, 9.17) is 5.26 Å². The van der Waals surface area contributed by atoms with Crippen molar-refractivity contribution >= 4 is 11.6 Å². The molecule has 0 amide bonds. The van der Waals surface area contributed by atoms with Gasteiger partial charge in [0.05, 0.1) is 12.5 Å². The van der Waals surface area contributed by atoms with Crippen molar-refractivity contribution in [2.75, 3.05) is 23.8 Å². The van der Waals surface area contributed by atoms with Gasteiger partial charge >= 0.3 is 6.18 Å². The molecule has 0 unspecified atom stereocenters. The van der Waals surface area contributed by atoms with E-state index in [2.05, 4.69) is 15.3 Å². The lowest BCUT2D eigenvalue weighted by Crippen LogP contribution is -2.33. The van der Waals surface area contributed by atoms with Crippen molar-refractivity contribution in [3.63, 3.8) is 0 Å². The summed E-state index contributed by atoms with van der Waals surface area (Å²) in [6.07, 6.45) is -4.40. The van der Waals surface area contributed by atoms with Gasteiger partial charge < -0.3 is 10.2 Å². The van der Waals surface area contributed by atoms with Gasteiger partial charge in [-0.15, -0.1) is 0 Å². The molecule has 1 aromatic heterocycles. The van der Waals surface area contributed by atoms with Crippen molar-refractivity contribution in [3.05, 3.63) is 11.9 Å². The van der Waals surface area contributed by atoms with E-state index >= 15 is 0 Å². The van der Waals surface area contributed by atoms with Gasteiger partial charge in [-0.2, -0.15) is 18.4 Å². The van der Waals surface area contributed by atoms with Crippen molar-refractivity contribution in [1.29, 1.82) is 5.26 Å². The third kappa shape index (κ3) is 3.98. The molecule has 0 saturated carbocycles. The van der Waals surface area contributed by atoms with E-state index in [0.29, 0.717) is 6.54 Å². The summed E-state index contributed by atoms with van der Waals surface area (Å²) in [6.45, 7) is 3.96. The SMILES string of the molecule is CNc1cc(N(CCC#N)C(C)C)nc(C(F)(F)F)n1. The Morgan fingerprint density at radius 3 is 2.50 bits per heavy atom. The molecule has 0 spiro atoms. The van der Waals surface area contributed by atoms with E-state index < -0.39 is 12.0 Å². The molecule has 1 N–H and O–H groups in total. The first-order chi connectivity index (χ1) is 9.29. The van der Waals surface area contributed by atoms with Crippen LogP contribution in [0.4, 0.5) is 24.8 Å². The highest BCUT2D eigenvalue weighted by Crippen LogP contribution is 2.29. The fraction of sp³-hybridized carbons (Fsp3) is 0.583. The quantitative estimate of drug-likeness (QED) is 0.902. The van der Waals surface area contributed by atoms with E-state index in [0.717, 1.165) is 0 Å². The number of nitrogens with one attached hydrogen (secondary N) is 1. The minimum atomic E-state index is -4.61. The van der Waals surface area contributed by atoms with Crippen LogP contribution in [0.3, 0.4) is 0 Å². The number of halogens is 3. The Balaban J connectivity index is 3.24. The fourth-order valence-electron chi connectivity index (χ4n) is 1.64. The maximum atomic E-state index is 12.8. The number of hydrogen-bond donors (Lipinski definition) is 1. The second-order valence-electron chi connectivity index (χ2n) is 4.38. The lowest BCUT2D eigenvalue weighted by molar-refractivity contribution is -0.144. The van der Waals surface area contributed by atoms with E-state index in [1.807, 2.05) is 19.9 Å². The second-order valence-corrected chi connectivity index (χ2v) is 4.38. The summed E-state index contributed by atoms with van der Waals surface area (Å²) in [5.41, 5.74) is 0. The number of alkyl halides is 3. The zero-order valence-corrected chi connectivity index (χ0v) is 11.5. The number of rotatable bonds is 5. The Morgan fingerprint density at radius 2 is 2.05 bits per heavy atom. The first kappa shape index (κ1) is 16.0. The van der Waals surface area contributed by atoms with E-state index in [9.17, 15) is 13.2 Å². The summed E-state index contributed by atoms with van der Waals surface area (Å²) in [5, 5.41) is 11.2. The van der Waals surface area contributed by atoms with Crippen LogP contribution in [0, 0.1) is 11.3 Å². The van der Waals surface area contributed by atoms with Crippen LogP contribution in [0.15, 0.2) is 6.07 Å². The number of anilines is 2. The van der Waals surface area contributed by atoms with Gasteiger partial charge in [0.2, 0.25) is 5.82 Å². The zero-order chi connectivity index (χ0) is 15.3. The largest absolute Gasteiger partial charge is 0.451 e. The molecule has 8 heteroatoms. The van der Waals surface area contributed by atoms with Crippen LogP contribution in [0.5, 0.6) is 0 Å². The lowest BCUT2D eigenvalue weighted by Gasteiger charge is -2.27. The number of nitriles is 1. The molecular formula is C12H16F3N5. The molecule has 0 aliphatic rings. The van der Waals surface area contributed by atoms with Crippen LogP contribution in [-0.2, 0) is 6.18 Å². The third-order valence-corrected chi connectivity index (χ3v) is 2.60. The lowest BCUT2D eigenvalue weighted by atomic mass is 10.3. The average molecular weight is 287 g/mol. The molecule has 110 valence electrons. The Kier molecular flexibility index (Phi) is 5.13. The molecule has 0 saturated heterocycles. The summed E-state index contributed by atoms with van der Waals surface area (Å²) in [7, 11) is 1.49. The molecule has 0 aromatic carbocycles. The van der Waals surface area contributed by atoms with E-state index in [1.165, 1.54) is 13.1 Å². The highest BCUT2D eigenvalue weighted by atomic mass is 19.4. The van der Waals surface area contributed by atoms with Gasteiger partial charge in [0.25, 0.3) is 0 Å². The minimum Gasteiger partial charge on any atom is -0.373 e. The third-order valence-electron chi connectivity index (χ3n) is 2.60. The summed E-state index contributed by atoms with van der Waals surface area (Å²) in [4.78, 5) is 8.61. The predicted octanol–water partition coefficient (Wildman–Crippen LogP) is 2.67. The highest BCUT2D eigenvalue weighted by molar-refractivity contribution is 5.50. The van der Waals surface area contributed by atoms with Crippen LogP contribution >= 0.6 is 0 Å². The van der Waals surface area contributed by atoms with Crippen molar-refractivity contribution in [2.45, 2.75) is 32.5 Å². The van der Waals surface area contributed by atoms with Gasteiger partial charge in [-0.3, -0.25) is 0 Å². The molecule has 1 rings (SSSR count). The molecule has 0 atom stereocenters. The average Bonchev–Trinajstić information content (AvgIpc) is 2.37. The molecule has 20 heavy (non-hydrogen) atoms. The fourth-order valence-corrected chi connectivity index (χ4v) is 1.64. The summed E-state index contributed by atoms with van der Waals surface area (Å²) < 4.78 is 38.3. The van der Waals surface area contributed by atoms with Crippen LogP contribution < -0.4 is 10.2 Å². The standard InChI is InChI=1S/C12H16F3N5/c1-8(2)20(6-4-5-16)10-7-9(17-3)18-11(19-10)12(13,14)15/h7-8H,4,6H2,1-3H3,(H,17,18,19). The number of nitrogens with zero attached hydrogens (tertiary/aromatic N) is 4. The molecule has 0 fully saturated rings. The molecule has 0 bridgehead atoms.